The second-order valence-corrected chi connectivity index (χ2v) is 4.98. The lowest BCUT2D eigenvalue weighted by molar-refractivity contribution is -0.144. The molecule has 3 nitrogen and oxygen atoms in total. The van der Waals surface area contributed by atoms with E-state index in [-0.39, 0.29) is 17.9 Å². The van der Waals surface area contributed by atoms with Gasteiger partial charge in [-0.25, -0.2) is 0 Å². The third-order valence-electron chi connectivity index (χ3n) is 3.35. The number of carboxylic acid groups (broad SMARTS) is 1. The summed E-state index contributed by atoms with van der Waals surface area (Å²) in [6, 6.07) is 7.92. The maximum Gasteiger partial charge on any atom is 0.306 e. The molecule has 0 bridgehead atoms. The van der Waals surface area contributed by atoms with Crippen molar-refractivity contribution in [3.05, 3.63) is 29.8 Å². The Hall–Kier alpha value is -1.51. The van der Waals surface area contributed by atoms with Crippen molar-refractivity contribution in [2.75, 3.05) is 0 Å². The number of benzene rings is 1. The fourth-order valence-corrected chi connectivity index (χ4v) is 2.33. The van der Waals surface area contributed by atoms with E-state index in [9.17, 15) is 4.79 Å². The van der Waals surface area contributed by atoms with Crippen molar-refractivity contribution in [2.45, 2.75) is 32.8 Å². The van der Waals surface area contributed by atoms with E-state index in [1.807, 2.05) is 38.1 Å². The van der Waals surface area contributed by atoms with Crippen LogP contribution in [0.4, 0.5) is 0 Å². The van der Waals surface area contributed by atoms with Gasteiger partial charge in [-0.15, -0.1) is 0 Å². The first-order valence-corrected chi connectivity index (χ1v) is 6.05. The van der Waals surface area contributed by atoms with Gasteiger partial charge >= 0.3 is 5.97 Å². The first kappa shape index (κ1) is 12.0. The molecule has 1 heterocycles. The summed E-state index contributed by atoms with van der Waals surface area (Å²) >= 11 is 0. The number of carbonyl (C=O) groups is 1. The van der Waals surface area contributed by atoms with E-state index in [1.54, 1.807) is 0 Å². The smallest absolute Gasteiger partial charge is 0.306 e. The molecule has 0 aliphatic carbocycles. The van der Waals surface area contributed by atoms with Gasteiger partial charge < -0.3 is 9.84 Å². The maximum atomic E-state index is 11.1. The molecule has 0 saturated heterocycles. The number of aliphatic carboxylic acids is 1. The molecule has 1 aliphatic rings. The number of rotatable bonds is 4. The molecule has 1 aromatic carbocycles. The summed E-state index contributed by atoms with van der Waals surface area (Å²) in [6.45, 7) is 3.89. The summed E-state index contributed by atoms with van der Waals surface area (Å²) in [5.41, 5.74) is 1.19. The highest BCUT2D eigenvalue weighted by atomic mass is 16.5. The molecule has 0 amide bonds. The molecular formula is C14H18O3. The summed E-state index contributed by atoms with van der Waals surface area (Å²) in [5.74, 6) is -0.000856. The number of hydrogen-bond donors (Lipinski definition) is 1. The average Bonchev–Trinajstić information content (AvgIpc) is 2.67. The van der Waals surface area contributed by atoms with Crippen LogP contribution in [0, 0.1) is 11.8 Å². The van der Waals surface area contributed by atoms with Crippen LogP contribution in [0.15, 0.2) is 24.3 Å². The van der Waals surface area contributed by atoms with Gasteiger partial charge in [0.1, 0.15) is 11.9 Å². The second-order valence-electron chi connectivity index (χ2n) is 4.98. The zero-order chi connectivity index (χ0) is 12.4. The lowest BCUT2D eigenvalue weighted by Crippen LogP contribution is -2.27. The molecule has 92 valence electrons. The highest BCUT2D eigenvalue weighted by molar-refractivity contribution is 5.70. The minimum Gasteiger partial charge on any atom is -0.490 e. The molecule has 1 aromatic rings. The standard InChI is InChI=1S/C14H18O3/c1-9(2)12(14(15)16)8-11-7-10-5-3-4-6-13(10)17-11/h3-6,9,11-12H,7-8H2,1-2H3,(H,15,16). The zero-order valence-corrected chi connectivity index (χ0v) is 10.2. The van der Waals surface area contributed by atoms with Crippen LogP contribution in [0.3, 0.4) is 0 Å². The van der Waals surface area contributed by atoms with Gasteiger partial charge in [0.15, 0.2) is 0 Å². The van der Waals surface area contributed by atoms with Crippen molar-refractivity contribution >= 4 is 5.97 Å². The van der Waals surface area contributed by atoms with Crippen LogP contribution in [-0.4, -0.2) is 17.2 Å². The molecule has 0 aromatic heterocycles. The number of para-hydroxylation sites is 1. The average molecular weight is 234 g/mol. The molecule has 0 radical (unpaired) electrons. The van der Waals surface area contributed by atoms with Crippen LogP contribution in [0.25, 0.3) is 0 Å². The van der Waals surface area contributed by atoms with E-state index >= 15 is 0 Å². The van der Waals surface area contributed by atoms with Crippen molar-refractivity contribution < 1.29 is 14.6 Å². The Bertz CT molecular complexity index is 387. The Kier molecular flexibility index (Phi) is 3.36. The molecule has 2 atom stereocenters. The van der Waals surface area contributed by atoms with E-state index in [0.29, 0.717) is 6.42 Å². The molecule has 2 unspecified atom stereocenters. The molecule has 0 spiro atoms. The van der Waals surface area contributed by atoms with Crippen LogP contribution in [0.5, 0.6) is 5.75 Å². The van der Waals surface area contributed by atoms with E-state index in [2.05, 4.69) is 0 Å². The predicted octanol–water partition coefficient (Wildman–Crippen LogP) is 2.74. The van der Waals surface area contributed by atoms with Crippen molar-refractivity contribution in [3.63, 3.8) is 0 Å². The fraction of sp³-hybridized carbons (Fsp3) is 0.500. The summed E-state index contributed by atoms with van der Waals surface area (Å²) in [6.07, 6.45) is 1.42. The van der Waals surface area contributed by atoms with Crippen molar-refractivity contribution in [1.82, 2.24) is 0 Å². The van der Waals surface area contributed by atoms with Gasteiger partial charge in [0, 0.05) is 6.42 Å². The van der Waals surface area contributed by atoms with Crippen molar-refractivity contribution in [3.8, 4) is 5.75 Å². The maximum absolute atomic E-state index is 11.1. The minimum absolute atomic E-state index is 0.0101. The molecule has 0 saturated carbocycles. The monoisotopic (exact) mass is 234 g/mol. The largest absolute Gasteiger partial charge is 0.490 e. The van der Waals surface area contributed by atoms with E-state index < -0.39 is 5.97 Å². The molecule has 2 rings (SSSR count). The van der Waals surface area contributed by atoms with Gasteiger partial charge in [0.2, 0.25) is 0 Å². The van der Waals surface area contributed by atoms with Gasteiger partial charge in [-0.2, -0.15) is 0 Å². The summed E-state index contributed by atoms with van der Waals surface area (Å²) in [7, 11) is 0. The van der Waals surface area contributed by atoms with Crippen LogP contribution < -0.4 is 4.74 Å². The normalized spacial score (nSPS) is 19.8. The molecular weight excluding hydrogens is 216 g/mol. The lowest BCUT2D eigenvalue weighted by atomic mass is 9.89. The Morgan fingerprint density at radius 2 is 2.18 bits per heavy atom. The van der Waals surface area contributed by atoms with Crippen LogP contribution in [0.1, 0.15) is 25.8 Å². The minimum atomic E-state index is -0.723. The highest BCUT2D eigenvalue weighted by Gasteiger charge is 2.30. The van der Waals surface area contributed by atoms with E-state index in [4.69, 9.17) is 9.84 Å². The Morgan fingerprint density at radius 1 is 1.47 bits per heavy atom. The number of ether oxygens (including phenoxy) is 1. The van der Waals surface area contributed by atoms with Crippen LogP contribution in [-0.2, 0) is 11.2 Å². The van der Waals surface area contributed by atoms with Gasteiger partial charge in [-0.1, -0.05) is 32.0 Å². The predicted molar refractivity (Wildman–Crippen MR) is 65.1 cm³/mol. The number of carboxylic acids is 1. The fourth-order valence-electron chi connectivity index (χ4n) is 2.33. The summed E-state index contributed by atoms with van der Waals surface area (Å²) < 4.78 is 5.77. The molecule has 3 heteroatoms. The highest BCUT2D eigenvalue weighted by Crippen LogP contribution is 2.32. The topological polar surface area (TPSA) is 46.5 Å². The molecule has 1 N–H and O–H groups in total. The summed E-state index contributed by atoms with van der Waals surface area (Å²) in [5, 5.41) is 9.17. The third-order valence-corrected chi connectivity index (χ3v) is 3.35. The zero-order valence-electron chi connectivity index (χ0n) is 10.2. The van der Waals surface area contributed by atoms with Gasteiger partial charge in [-0.05, 0) is 24.0 Å². The van der Waals surface area contributed by atoms with Crippen LogP contribution >= 0.6 is 0 Å². The lowest BCUT2D eigenvalue weighted by Gasteiger charge is -2.19. The third kappa shape index (κ3) is 2.60. The Labute approximate surface area is 101 Å². The van der Waals surface area contributed by atoms with Gasteiger partial charge in [-0.3, -0.25) is 4.79 Å². The summed E-state index contributed by atoms with van der Waals surface area (Å²) in [4.78, 5) is 11.1. The molecule has 17 heavy (non-hydrogen) atoms. The van der Waals surface area contributed by atoms with Crippen molar-refractivity contribution in [2.24, 2.45) is 11.8 Å². The van der Waals surface area contributed by atoms with Gasteiger partial charge in [0.25, 0.3) is 0 Å². The Balaban J connectivity index is 2.01. The Morgan fingerprint density at radius 3 is 2.76 bits per heavy atom. The number of fused-ring (bicyclic) bond motifs is 1. The van der Waals surface area contributed by atoms with Crippen LogP contribution in [0.2, 0.25) is 0 Å². The molecule has 1 aliphatic heterocycles. The molecule has 0 fully saturated rings. The first-order chi connectivity index (χ1) is 8.08. The van der Waals surface area contributed by atoms with E-state index in [1.165, 1.54) is 5.56 Å². The van der Waals surface area contributed by atoms with E-state index in [0.717, 1.165) is 12.2 Å². The van der Waals surface area contributed by atoms with Crippen molar-refractivity contribution in [1.29, 1.82) is 0 Å². The second kappa shape index (κ2) is 4.78. The quantitative estimate of drug-likeness (QED) is 0.871. The van der Waals surface area contributed by atoms with Gasteiger partial charge in [0.05, 0.1) is 5.92 Å². The first-order valence-electron chi connectivity index (χ1n) is 6.05. The SMILES string of the molecule is CC(C)C(CC1Cc2ccccc2O1)C(=O)O. The number of hydrogen-bond acceptors (Lipinski definition) is 2.